The zero-order chi connectivity index (χ0) is 12.3. The summed E-state index contributed by atoms with van der Waals surface area (Å²) >= 11 is 0. The molecule has 0 saturated carbocycles. The van der Waals surface area contributed by atoms with Crippen molar-refractivity contribution in [3.8, 4) is 0 Å². The predicted molar refractivity (Wildman–Crippen MR) is 61.0 cm³/mol. The molecule has 0 amide bonds. The molecule has 0 aliphatic carbocycles. The summed E-state index contributed by atoms with van der Waals surface area (Å²) in [7, 11) is 0. The fraction of sp³-hybridized carbons (Fsp3) is 0.0769. The monoisotopic (exact) mass is 230 g/mol. The molecule has 0 aromatic carbocycles. The Kier molecular flexibility index (Phi) is 3.05. The normalized spacial score (nSPS) is 11.5. The number of allylic oxidation sites excluding steroid dienone is 1. The van der Waals surface area contributed by atoms with Crippen molar-refractivity contribution in [1.29, 1.82) is 0 Å². The van der Waals surface area contributed by atoms with E-state index in [1.54, 1.807) is 24.3 Å². The average molecular weight is 230 g/mol. The van der Waals surface area contributed by atoms with Crippen LogP contribution < -0.4 is 0 Å². The van der Waals surface area contributed by atoms with Crippen molar-refractivity contribution in [2.24, 2.45) is 0 Å². The zero-order valence-electron chi connectivity index (χ0n) is 9.17. The average Bonchev–Trinajstić information content (AvgIpc) is 2.97. The molecule has 0 aliphatic rings. The van der Waals surface area contributed by atoms with Gasteiger partial charge in [0.1, 0.15) is 11.5 Å². The highest BCUT2D eigenvalue weighted by atomic mass is 16.3. The van der Waals surface area contributed by atoms with E-state index in [9.17, 15) is 9.59 Å². The van der Waals surface area contributed by atoms with Gasteiger partial charge >= 0.3 is 0 Å². The van der Waals surface area contributed by atoms with E-state index in [-0.39, 0.29) is 5.57 Å². The van der Waals surface area contributed by atoms with Gasteiger partial charge in [-0.15, -0.1) is 0 Å². The predicted octanol–water partition coefficient (Wildman–Crippen LogP) is 2.57. The molecule has 0 unspecified atom stereocenters. The van der Waals surface area contributed by atoms with E-state index in [0.29, 0.717) is 11.5 Å². The van der Waals surface area contributed by atoms with E-state index in [1.165, 1.54) is 25.5 Å². The summed E-state index contributed by atoms with van der Waals surface area (Å²) in [6.07, 6.45) is 4.42. The van der Waals surface area contributed by atoms with Gasteiger partial charge in [-0.1, -0.05) is 0 Å². The molecule has 0 N–H and O–H groups in total. The van der Waals surface area contributed by atoms with Gasteiger partial charge in [-0.05, 0) is 30.3 Å². The maximum atomic E-state index is 11.7. The molecule has 2 aromatic rings. The fourth-order valence-corrected chi connectivity index (χ4v) is 1.39. The smallest absolute Gasteiger partial charge is 0.232 e. The second-order valence-electron chi connectivity index (χ2n) is 3.44. The van der Waals surface area contributed by atoms with E-state index >= 15 is 0 Å². The van der Waals surface area contributed by atoms with Crippen molar-refractivity contribution in [2.45, 2.75) is 6.92 Å². The zero-order valence-corrected chi connectivity index (χ0v) is 9.17. The molecular formula is C13H10O4. The van der Waals surface area contributed by atoms with Gasteiger partial charge in [0.25, 0.3) is 0 Å². The van der Waals surface area contributed by atoms with Crippen LogP contribution in [0.25, 0.3) is 11.6 Å². The van der Waals surface area contributed by atoms with E-state index in [0.717, 1.165) is 0 Å². The first-order valence-corrected chi connectivity index (χ1v) is 5.03. The molecule has 0 aliphatic heterocycles. The molecular weight excluding hydrogens is 220 g/mol. The van der Waals surface area contributed by atoms with Crippen LogP contribution >= 0.6 is 0 Å². The maximum Gasteiger partial charge on any atom is 0.232 e. The van der Waals surface area contributed by atoms with Gasteiger partial charge < -0.3 is 8.83 Å². The molecule has 4 heteroatoms. The topological polar surface area (TPSA) is 60.4 Å². The van der Waals surface area contributed by atoms with Crippen molar-refractivity contribution >= 4 is 23.2 Å². The minimum absolute atomic E-state index is 0.192. The first kappa shape index (κ1) is 11.1. The van der Waals surface area contributed by atoms with Crippen LogP contribution in [0.3, 0.4) is 0 Å². The molecule has 0 atom stereocenters. The molecule has 0 spiro atoms. The van der Waals surface area contributed by atoms with Crippen molar-refractivity contribution in [3.05, 3.63) is 48.3 Å². The Morgan fingerprint density at radius 3 is 2.35 bits per heavy atom. The van der Waals surface area contributed by atoms with Crippen molar-refractivity contribution in [1.82, 2.24) is 0 Å². The van der Waals surface area contributed by atoms with Gasteiger partial charge in [0, 0.05) is 6.92 Å². The maximum absolute atomic E-state index is 11.7. The highest BCUT2D eigenvalue weighted by Crippen LogP contribution is 2.20. The second-order valence-corrected chi connectivity index (χ2v) is 3.44. The lowest BCUT2D eigenvalue weighted by atomic mass is 10.0. The first-order valence-electron chi connectivity index (χ1n) is 5.03. The Morgan fingerprint density at radius 1 is 1.12 bits per heavy atom. The van der Waals surface area contributed by atoms with Gasteiger partial charge in [0.05, 0.1) is 18.1 Å². The summed E-state index contributed by atoms with van der Waals surface area (Å²) in [5.41, 5.74) is 0.192. The van der Waals surface area contributed by atoms with Crippen molar-refractivity contribution in [2.75, 3.05) is 0 Å². The Balaban J connectivity index is 2.45. The van der Waals surface area contributed by atoms with Gasteiger partial charge in [-0.25, -0.2) is 0 Å². The number of carbonyl (C=O) groups excluding carboxylic acids is 2. The lowest BCUT2D eigenvalue weighted by Gasteiger charge is -1.99. The number of rotatable bonds is 4. The minimum Gasteiger partial charge on any atom is -0.465 e. The number of Topliss-reactive ketones (excluding diaryl/α,β-unsaturated/α-hetero) is 2. The van der Waals surface area contributed by atoms with Gasteiger partial charge in [-0.2, -0.15) is 0 Å². The van der Waals surface area contributed by atoms with Crippen LogP contribution in [0.4, 0.5) is 0 Å². The molecule has 0 radical (unpaired) electrons. The minimum atomic E-state index is -0.601. The second kappa shape index (κ2) is 4.65. The molecule has 0 bridgehead atoms. The standard InChI is InChI=1S/C13H10O4/c1-9(14)13(15)11(12-5-3-7-17-12)8-10-4-2-6-16-10/h2-8H,1H3/b11-8-. The molecule has 4 nitrogen and oxygen atoms in total. The molecule has 17 heavy (non-hydrogen) atoms. The molecule has 2 rings (SSSR count). The van der Waals surface area contributed by atoms with Crippen LogP contribution in [0, 0.1) is 0 Å². The van der Waals surface area contributed by atoms with Crippen LogP contribution in [0.2, 0.25) is 0 Å². The van der Waals surface area contributed by atoms with Gasteiger partial charge in [0.2, 0.25) is 5.78 Å². The first-order chi connectivity index (χ1) is 8.18. The summed E-state index contributed by atoms with van der Waals surface area (Å²) in [6, 6.07) is 6.66. The highest BCUT2D eigenvalue weighted by molar-refractivity contribution is 6.54. The Hall–Kier alpha value is -2.36. The number of hydrogen-bond donors (Lipinski definition) is 0. The third kappa shape index (κ3) is 2.42. The van der Waals surface area contributed by atoms with Gasteiger partial charge in [-0.3, -0.25) is 9.59 Å². The summed E-state index contributed by atoms with van der Waals surface area (Å²) in [5, 5.41) is 0. The molecule has 86 valence electrons. The lowest BCUT2D eigenvalue weighted by Crippen LogP contribution is -2.11. The van der Waals surface area contributed by atoms with Crippen LogP contribution in [0.5, 0.6) is 0 Å². The number of hydrogen-bond acceptors (Lipinski definition) is 4. The summed E-state index contributed by atoms with van der Waals surface area (Å²) < 4.78 is 10.2. The molecule has 0 saturated heterocycles. The summed E-state index contributed by atoms with van der Waals surface area (Å²) in [4.78, 5) is 22.9. The molecule has 0 fully saturated rings. The van der Waals surface area contributed by atoms with E-state index < -0.39 is 11.6 Å². The quantitative estimate of drug-likeness (QED) is 0.598. The fourth-order valence-electron chi connectivity index (χ4n) is 1.39. The van der Waals surface area contributed by atoms with E-state index in [2.05, 4.69) is 0 Å². The van der Waals surface area contributed by atoms with Crippen LogP contribution in [0.1, 0.15) is 18.4 Å². The molecule has 2 heterocycles. The Bertz CT molecular complexity index is 544. The number of ketones is 2. The summed E-state index contributed by atoms with van der Waals surface area (Å²) in [6.45, 7) is 1.22. The largest absolute Gasteiger partial charge is 0.465 e. The van der Waals surface area contributed by atoms with Crippen LogP contribution in [-0.4, -0.2) is 11.6 Å². The molecule has 2 aromatic heterocycles. The number of carbonyl (C=O) groups is 2. The Labute approximate surface area is 97.5 Å². The van der Waals surface area contributed by atoms with Gasteiger partial charge in [0.15, 0.2) is 5.78 Å². The van der Waals surface area contributed by atoms with Crippen LogP contribution in [0.15, 0.2) is 45.6 Å². The van der Waals surface area contributed by atoms with Crippen molar-refractivity contribution in [3.63, 3.8) is 0 Å². The van der Waals surface area contributed by atoms with Crippen LogP contribution in [-0.2, 0) is 9.59 Å². The SMILES string of the molecule is CC(=O)C(=O)/C(=C\c1ccco1)c1ccco1. The lowest BCUT2D eigenvalue weighted by molar-refractivity contribution is -0.131. The summed E-state index contributed by atoms with van der Waals surface area (Å²) in [5.74, 6) is -0.303. The third-order valence-corrected chi connectivity index (χ3v) is 2.18. The number of furan rings is 2. The Morgan fingerprint density at radius 2 is 1.82 bits per heavy atom. The van der Waals surface area contributed by atoms with E-state index in [1.807, 2.05) is 0 Å². The van der Waals surface area contributed by atoms with Crippen molar-refractivity contribution < 1.29 is 18.4 Å². The highest BCUT2D eigenvalue weighted by Gasteiger charge is 2.19. The van der Waals surface area contributed by atoms with E-state index in [4.69, 9.17) is 8.83 Å². The third-order valence-electron chi connectivity index (χ3n) is 2.18.